The molecule has 0 aliphatic rings. The first-order valence-corrected chi connectivity index (χ1v) is 9.17. The number of carbonyl (C=O) groups is 3. The van der Waals surface area contributed by atoms with Gasteiger partial charge in [0.1, 0.15) is 12.4 Å². The molecule has 162 valence electrons. The number of nitrogens with two attached hydrogens (primary N) is 1. The fourth-order valence-corrected chi connectivity index (χ4v) is 2.64. The first kappa shape index (κ1) is 22.7. The van der Waals surface area contributed by atoms with Gasteiger partial charge in [0.15, 0.2) is 17.6 Å². The SMILES string of the molecule is COc1cc(C(=O)O[C@@H](C(=O)NC(N)=O)C(C)C)ccc1OCc1c(C)noc1C. The Kier molecular flexibility index (Phi) is 7.40. The molecule has 1 aromatic heterocycles. The Morgan fingerprint density at radius 3 is 2.43 bits per heavy atom. The van der Waals surface area contributed by atoms with E-state index in [1.165, 1.54) is 19.2 Å². The zero-order valence-electron chi connectivity index (χ0n) is 17.5. The topological polar surface area (TPSA) is 143 Å². The van der Waals surface area contributed by atoms with Crippen LogP contribution in [0.4, 0.5) is 4.79 Å². The number of rotatable bonds is 8. The summed E-state index contributed by atoms with van der Waals surface area (Å²) in [7, 11) is 1.43. The molecule has 2 rings (SSSR count). The maximum Gasteiger partial charge on any atom is 0.339 e. The lowest BCUT2D eigenvalue weighted by atomic mass is 10.1. The number of benzene rings is 1. The highest BCUT2D eigenvalue weighted by Gasteiger charge is 2.28. The molecule has 0 aliphatic heterocycles. The van der Waals surface area contributed by atoms with Crippen molar-refractivity contribution in [2.75, 3.05) is 7.11 Å². The molecule has 3 amide bonds. The summed E-state index contributed by atoms with van der Waals surface area (Å²) >= 11 is 0. The highest BCUT2D eigenvalue weighted by Crippen LogP contribution is 2.30. The number of methoxy groups -OCH3 is 1. The quantitative estimate of drug-likeness (QED) is 0.620. The zero-order chi connectivity index (χ0) is 22.4. The van der Waals surface area contributed by atoms with Crippen molar-refractivity contribution in [3.8, 4) is 11.5 Å². The molecule has 0 aliphatic carbocycles. The van der Waals surface area contributed by atoms with Gasteiger partial charge in [-0.2, -0.15) is 0 Å². The fraction of sp³-hybridized carbons (Fsp3) is 0.400. The summed E-state index contributed by atoms with van der Waals surface area (Å²) in [5.74, 6) is -0.575. The van der Waals surface area contributed by atoms with E-state index in [9.17, 15) is 14.4 Å². The first-order chi connectivity index (χ1) is 14.1. The Hall–Kier alpha value is -3.56. The van der Waals surface area contributed by atoms with E-state index in [-0.39, 0.29) is 18.1 Å². The highest BCUT2D eigenvalue weighted by atomic mass is 16.5. The summed E-state index contributed by atoms with van der Waals surface area (Å²) in [5, 5.41) is 5.79. The predicted octanol–water partition coefficient (Wildman–Crippen LogP) is 2.26. The molecule has 0 fully saturated rings. The Balaban J connectivity index is 2.15. The van der Waals surface area contributed by atoms with Crippen LogP contribution in [0.2, 0.25) is 0 Å². The molecule has 30 heavy (non-hydrogen) atoms. The predicted molar refractivity (Wildman–Crippen MR) is 105 cm³/mol. The lowest BCUT2D eigenvalue weighted by Gasteiger charge is -2.20. The minimum Gasteiger partial charge on any atom is -0.493 e. The van der Waals surface area contributed by atoms with Crippen molar-refractivity contribution in [3.05, 3.63) is 40.8 Å². The van der Waals surface area contributed by atoms with Crippen LogP contribution in [0, 0.1) is 19.8 Å². The molecule has 10 heteroatoms. The number of aryl methyl sites for hydroxylation is 2. The van der Waals surface area contributed by atoms with E-state index >= 15 is 0 Å². The number of hydrogen-bond donors (Lipinski definition) is 2. The van der Waals surface area contributed by atoms with Gasteiger partial charge >= 0.3 is 12.0 Å². The van der Waals surface area contributed by atoms with E-state index in [2.05, 4.69) is 5.16 Å². The van der Waals surface area contributed by atoms with Crippen molar-refractivity contribution < 1.29 is 33.1 Å². The van der Waals surface area contributed by atoms with Gasteiger partial charge in [0.25, 0.3) is 5.91 Å². The first-order valence-electron chi connectivity index (χ1n) is 9.17. The molecule has 0 saturated carbocycles. The van der Waals surface area contributed by atoms with Gasteiger partial charge in [-0.15, -0.1) is 0 Å². The van der Waals surface area contributed by atoms with Crippen LogP contribution in [0.1, 0.15) is 41.2 Å². The van der Waals surface area contributed by atoms with Crippen molar-refractivity contribution in [2.45, 2.75) is 40.4 Å². The molecular formula is C20H25N3O7. The number of imide groups is 1. The number of hydrogen-bond acceptors (Lipinski definition) is 8. The Morgan fingerprint density at radius 1 is 1.20 bits per heavy atom. The second kappa shape index (κ2) is 9.77. The molecule has 0 radical (unpaired) electrons. The number of nitrogens with one attached hydrogen (secondary N) is 1. The number of amides is 3. The summed E-state index contributed by atoms with van der Waals surface area (Å²) in [6.45, 7) is 7.15. The number of aromatic nitrogens is 1. The molecule has 0 bridgehead atoms. The summed E-state index contributed by atoms with van der Waals surface area (Å²) in [4.78, 5) is 35.5. The van der Waals surface area contributed by atoms with Crippen LogP contribution in [0.5, 0.6) is 11.5 Å². The highest BCUT2D eigenvalue weighted by molar-refractivity contribution is 5.98. The van der Waals surface area contributed by atoms with Gasteiger partial charge in [0, 0.05) is 0 Å². The van der Waals surface area contributed by atoms with Crippen molar-refractivity contribution in [1.29, 1.82) is 0 Å². The third kappa shape index (κ3) is 5.49. The van der Waals surface area contributed by atoms with Crippen LogP contribution < -0.4 is 20.5 Å². The van der Waals surface area contributed by atoms with Crippen LogP contribution in [0.15, 0.2) is 22.7 Å². The van der Waals surface area contributed by atoms with E-state index in [0.717, 1.165) is 11.3 Å². The van der Waals surface area contributed by atoms with Gasteiger partial charge in [-0.3, -0.25) is 10.1 Å². The summed E-state index contributed by atoms with van der Waals surface area (Å²) in [5.41, 5.74) is 6.65. The second-order valence-corrected chi connectivity index (χ2v) is 6.88. The van der Waals surface area contributed by atoms with Gasteiger partial charge in [0.2, 0.25) is 0 Å². The van der Waals surface area contributed by atoms with Crippen LogP contribution in [-0.2, 0) is 16.1 Å². The number of nitrogens with zero attached hydrogens (tertiary/aromatic N) is 1. The molecule has 0 saturated heterocycles. The Bertz CT molecular complexity index is 917. The third-order valence-corrected chi connectivity index (χ3v) is 4.30. The Morgan fingerprint density at radius 2 is 1.90 bits per heavy atom. The van der Waals surface area contributed by atoms with Crippen molar-refractivity contribution >= 4 is 17.9 Å². The molecule has 3 N–H and O–H groups in total. The van der Waals surface area contributed by atoms with E-state index < -0.39 is 24.0 Å². The van der Waals surface area contributed by atoms with Gasteiger partial charge < -0.3 is 24.5 Å². The van der Waals surface area contributed by atoms with E-state index in [1.54, 1.807) is 26.8 Å². The maximum atomic E-state index is 12.5. The Labute approximate surface area is 173 Å². The maximum absolute atomic E-state index is 12.5. The van der Waals surface area contributed by atoms with Crippen molar-refractivity contribution in [1.82, 2.24) is 10.5 Å². The second-order valence-electron chi connectivity index (χ2n) is 6.88. The van der Waals surface area contributed by atoms with Crippen LogP contribution >= 0.6 is 0 Å². The standard InChI is InChI=1S/C20H25N3O7/c1-10(2)17(18(24)22-20(21)26)29-19(25)13-6-7-15(16(8-13)27-5)28-9-14-11(3)23-30-12(14)4/h6-8,10,17H,9H2,1-5H3,(H3,21,22,24,26)/t17-/m1/s1. The van der Waals surface area contributed by atoms with Crippen LogP contribution in [0.25, 0.3) is 0 Å². The molecule has 1 atom stereocenters. The number of carbonyl (C=O) groups excluding carboxylic acids is 3. The van der Waals surface area contributed by atoms with E-state index in [4.69, 9.17) is 24.5 Å². The average molecular weight is 419 g/mol. The fourth-order valence-electron chi connectivity index (χ4n) is 2.64. The normalized spacial score (nSPS) is 11.7. The number of esters is 1. The minimum absolute atomic E-state index is 0.147. The lowest BCUT2D eigenvalue weighted by Crippen LogP contribution is -2.45. The van der Waals surface area contributed by atoms with E-state index in [0.29, 0.717) is 17.3 Å². The van der Waals surface area contributed by atoms with Gasteiger partial charge in [0.05, 0.1) is 23.9 Å². The molecule has 0 spiro atoms. The lowest BCUT2D eigenvalue weighted by molar-refractivity contribution is -0.130. The van der Waals surface area contributed by atoms with Crippen molar-refractivity contribution in [2.24, 2.45) is 11.7 Å². The summed E-state index contributed by atoms with van der Waals surface area (Å²) < 4.78 is 21.5. The largest absolute Gasteiger partial charge is 0.493 e. The molecule has 10 nitrogen and oxygen atoms in total. The molecule has 2 aromatic rings. The number of ether oxygens (including phenoxy) is 3. The monoisotopic (exact) mass is 419 g/mol. The average Bonchev–Trinajstić information content (AvgIpc) is 3.00. The van der Waals surface area contributed by atoms with Crippen LogP contribution in [0.3, 0.4) is 0 Å². The summed E-state index contributed by atoms with van der Waals surface area (Å²) in [6, 6.07) is 3.45. The molecule has 1 aromatic carbocycles. The van der Waals surface area contributed by atoms with Gasteiger partial charge in [-0.05, 0) is 38.0 Å². The van der Waals surface area contributed by atoms with Crippen molar-refractivity contribution in [3.63, 3.8) is 0 Å². The van der Waals surface area contributed by atoms with Crippen LogP contribution in [-0.4, -0.2) is 36.3 Å². The summed E-state index contributed by atoms with van der Waals surface area (Å²) in [6.07, 6.45) is -1.19. The van der Waals surface area contributed by atoms with E-state index in [1.807, 2.05) is 12.2 Å². The smallest absolute Gasteiger partial charge is 0.339 e. The number of urea groups is 1. The van der Waals surface area contributed by atoms with Gasteiger partial charge in [-0.1, -0.05) is 19.0 Å². The zero-order valence-corrected chi connectivity index (χ0v) is 17.5. The molecule has 1 heterocycles. The van der Waals surface area contributed by atoms with Gasteiger partial charge in [-0.25, -0.2) is 9.59 Å². The number of primary amides is 1. The minimum atomic E-state index is -1.19. The molecule has 0 unspecified atom stereocenters. The molecular weight excluding hydrogens is 394 g/mol. The third-order valence-electron chi connectivity index (χ3n) is 4.30.